The maximum Gasteiger partial charge on any atom is 0.0767 e. The van der Waals surface area contributed by atoms with Crippen molar-refractivity contribution in [3.8, 4) is 0 Å². The number of halogens is 1. The van der Waals surface area contributed by atoms with Gasteiger partial charge in [-0.05, 0) is 41.4 Å². The molecule has 0 atom stereocenters. The molecule has 0 aliphatic rings. The first-order valence-corrected chi connectivity index (χ1v) is 7.67. The molecule has 0 unspecified atom stereocenters. The van der Waals surface area contributed by atoms with Crippen LogP contribution < -0.4 is 10.6 Å². The summed E-state index contributed by atoms with van der Waals surface area (Å²) in [7, 11) is 2.05. The molecule has 1 heterocycles. The highest BCUT2D eigenvalue weighted by Crippen LogP contribution is 2.27. The van der Waals surface area contributed by atoms with Gasteiger partial charge in [0.15, 0.2) is 0 Å². The SMILES string of the molecule is CCc1nn(CC)c(CN(C)c2ccccc2N)c1Br. The van der Waals surface area contributed by atoms with Crippen LogP contribution in [0.5, 0.6) is 0 Å². The Labute approximate surface area is 128 Å². The monoisotopic (exact) mass is 336 g/mol. The highest BCUT2D eigenvalue weighted by atomic mass is 79.9. The molecule has 20 heavy (non-hydrogen) atoms. The lowest BCUT2D eigenvalue weighted by Crippen LogP contribution is -2.20. The maximum absolute atomic E-state index is 6.04. The van der Waals surface area contributed by atoms with Crippen LogP contribution in [0.25, 0.3) is 0 Å². The van der Waals surface area contributed by atoms with Crippen LogP contribution in [0.15, 0.2) is 28.7 Å². The van der Waals surface area contributed by atoms with Crippen molar-refractivity contribution in [3.05, 3.63) is 40.1 Å². The number of nitrogen functional groups attached to an aromatic ring is 1. The second kappa shape index (κ2) is 6.31. The van der Waals surface area contributed by atoms with Gasteiger partial charge in [-0.2, -0.15) is 5.10 Å². The van der Waals surface area contributed by atoms with E-state index in [-0.39, 0.29) is 0 Å². The summed E-state index contributed by atoms with van der Waals surface area (Å²) in [6.45, 7) is 5.87. The second-order valence-electron chi connectivity index (χ2n) is 4.79. The van der Waals surface area contributed by atoms with Gasteiger partial charge in [0.25, 0.3) is 0 Å². The molecule has 0 bridgehead atoms. The topological polar surface area (TPSA) is 47.1 Å². The molecule has 1 aromatic carbocycles. The molecular formula is C15H21BrN4. The van der Waals surface area contributed by atoms with Crippen molar-refractivity contribution < 1.29 is 0 Å². The molecule has 2 aromatic rings. The van der Waals surface area contributed by atoms with E-state index in [1.165, 1.54) is 5.69 Å². The van der Waals surface area contributed by atoms with Crippen molar-refractivity contribution in [2.24, 2.45) is 0 Å². The van der Waals surface area contributed by atoms with E-state index in [1.54, 1.807) is 0 Å². The van der Waals surface area contributed by atoms with Crippen molar-refractivity contribution in [1.29, 1.82) is 0 Å². The molecule has 0 aliphatic carbocycles. The molecule has 0 amide bonds. The van der Waals surface area contributed by atoms with Gasteiger partial charge in [-0.15, -0.1) is 0 Å². The number of rotatable bonds is 5. The predicted octanol–water partition coefficient (Wildman–Crippen LogP) is 3.45. The van der Waals surface area contributed by atoms with E-state index in [1.807, 2.05) is 24.3 Å². The molecule has 0 saturated heterocycles. The van der Waals surface area contributed by atoms with Crippen LogP contribution in [-0.4, -0.2) is 16.8 Å². The minimum Gasteiger partial charge on any atom is -0.397 e. The number of benzene rings is 1. The third-order valence-corrected chi connectivity index (χ3v) is 4.34. The van der Waals surface area contributed by atoms with E-state index in [0.29, 0.717) is 0 Å². The van der Waals surface area contributed by atoms with Crippen molar-refractivity contribution in [1.82, 2.24) is 9.78 Å². The third kappa shape index (κ3) is 2.82. The molecule has 0 spiro atoms. The fraction of sp³-hybridized carbons (Fsp3) is 0.400. The molecule has 0 fully saturated rings. The van der Waals surface area contributed by atoms with Crippen LogP contribution in [0.3, 0.4) is 0 Å². The first kappa shape index (κ1) is 14.9. The van der Waals surface area contributed by atoms with Crippen LogP contribution >= 0.6 is 15.9 Å². The largest absolute Gasteiger partial charge is 0.397 e. The van der Waals surface area contributed by atoms with Gasteiger partial charge < -0.3 is 10.6 Å². The van der Waals surface area contributed by atoms with Crippen LogP contribution in [0.4, 0.5) is 11.4 Å². The van der Waals surface area contributed by atoms with Crippen LogP contribution in [0, 0.1) is 0 Å². The zero-order valence-electron chi connectivity index (χ0n) is 12.2. The number of anilines is 2. The molecule has 2 N–H and O–H groups in total. The first-order valence-electron chi connectivity index (χ1n) is 6.88. The number of aromatic nitrogens is 2. The summed E-state index contributed by atoms with van der Waals surface area (Å²) in [5.74, 6) is 0. The van der Waals surface area contributed by atoms with Gasteiger partial charge in [0, 0.05) is 13.6 Å². The minimum atomic E-state index is 0.773. The number of hydrogen-bond donors (Lipinski definition) is 1. The summed E-state index contributed by atoms with van der Waals surface area (Å²) < 4.78 is 3.17. The van der Waals surface area contributed by atoms with Gasteiger partial charge >= 0.3 is 0 Å². The first-order chi connectivity index (χ1) is 9.58. The van der Waals surface area contributed by atoms with Crippen LogP contribution in [0.1, 0.15) is 25.2 Å². The zero-order chi connectivity index (χ0) is 14.7. The lowest BCUT2D eigenvalue weighted by atomic mass is 10.2. The quantitative estimate of drug-likeness (QED) is 0.850. The average molecular weight is 337 g/mol. The summed E-state index contributed by atoms with van der Waals surface area (Å²) in [6.07, 6.45) is 0.928. The molecule has 0 aliphatic heterocycles. The fourth-order valence-corrected chi connectivity index (χ4v) is 3.00. The Kier molecular flexibility index (Phi) is 4.70. The van der Waals surface area contributed by atoms with Crippen molar-refractivity contribution in [2.45, 2.75) is 33.4 Å². The summed E-state index contributed by atoms with van der Waals surface area (Å²) in [4.78, 5) is 2.16. The molecule has 0 saturated carbocycles. The fourth-order valence-electron chi connectivity index (χ4n) is 2.31. The van der Waals surface area contributed by atoms with E-state index in [4.69, 9.17) is 5.73 Å². The van der Waals surface area contributed by atoms with E-state index in [9.17, 15) is 0 Å². The van der Waals surface area contributed by atoms with E-state index in [0.717, 1.165) is 41.1 Å². The van der Waals surface area contributed by atoms with Crippen molar-refractivity contribution in [2.75, 3.05) is 17.7 Å². The standard InChI is InChI=1S/C15H21BrN4/c1-4-12-15(16)14(20(5-2)18-12)10-19(3)13-9-7-6-8-11(13)17/h6-9H,4-5,10,17H2,1-3H3. The molecule has 4 nitrogen and oxygen atoms in total. The maximum atomic E-state index is 6.04. The van der Waals surface area contributed by atoms with Crippen LogP contribution in [0.2, 0.25) is 0 Å². The number of para-hydroxylation sites is 2. The summed E-state index contributed by atoms with van der Waals surface area (Å²) in [5.41, 5.74) is 10.2. The molecule has 2 rings (SSSR count). The predicted molar refractivity (Wildman–Crippen MR) is 87.9 cm³/mol. The van der Waals surface area contributed by atoms with E-state index in [2.05, 4.69) is 51.5 Å². The third-order valence-electron chi connectivity index (χ3n) is 3.43. The minimum absolute atomic E-state index is 0.773. The molecule has 1 aromatic heterocycles. The molecule has 0 radical (unpaired) electrons. The number of aryl methyl sites for hydroxylation is 2. The van der Waals surface area contributed by atoms with Gasteiger partial charge in [0.1, 0.15) is 0 Å². The molecule has 5 heteroatoms. The highest BCUT2D eigenvalue weighted by molar-refractivity contribution is 9.10. The smallest absolute Gasteiger partial charge is 0.0767 e. The van der Waals surface area contributed by atoms with Gasteiger partial charge in [-0.3, -0.25) is 4.68 Å². The van der Waals surface area contributed by atoms with Crippen LogP contribution in [-0.2, 0) is 19.5 Å². The van der Waals surface area contributed by atoms with Gasteiger partial charge in [-0.25, -0.2) is 0 Å². The Morgan fingerprint density at radius 1 is 1.30 bits per heavy atom. The highest BCUT2D eigenvalue weighted by Gasteiger charge is 2.16. The summed E-state index contributed by atoms with van der Waals surface area (Å²) >= 11 is 3.68. The molecule has 108 valence electrons. The Bertz CT molecular complexity index is 592. The molecular weight excluding hydrogens is 316 g/mol. The zero-order valence-corrected chi connectivity index (χ0v) is 13.8. The van der Waals surface area contributed by atoms with Gasteiger partial charge in [0.2, 0.25) is 0 Å². The Balaban J connectivity index is 2.30. The normalized spacial score (nSPS) is 10.8. The van der Waals surface area contributed by atoms with Crippen molar-refractivity contribution in [3.63, 3.8) is 0 Å². The van der Waals surface area contributed by atoms with Gasteiger partial charge in [-0.1, -0.05) is 19.1 Å². The number of hydrogen-bond acceptors (Lipinski definition) is 3. The Hall–Kier alpha value is -1.49. The number of nitrogens with zero attached hydrogens (tertiary/aromatic N) is 3. The van der Waals surface area contributed by atoms with Crippen molar-refractivity contribution >= 4 is 27.3 Å². The average Bonchev–Trinajstić information content (AvgIpc) is 2.75. The van der Waals surface area contributed by atoms with Gasteiger partial charge in [0.05, 0.1) is 33.8 Å². The van der Waals surface area contributed by atoms with E-state index >= 15 is 0 Å². The lowest BCUT2D eigenvalue weighted by molar-refractivity contribution is 0.609. The van der Waals surface area contributed by atoms with E-state index < -0.39 is 0 Å². The Morgan fingerprint density at radius 2 is 2.00 bits per heavy atom. The Morgan fingerprint density at radius 3 is 2.60 bits per heavy atom. The summed E-state index contributed by atoms with van der Waals surface area (Å²) in [6, 6.07) is 7.92. The number of nitrogens with two attached hydrogens (primary N) is 1. The summed E-state index contributed by atoms with van der Waals surface area (Å²) in [5, 5.41) is 4.63. The second-order valence-corrected chi connectivity index (χ2v) is 5.58. The lowest BCUT2D eigenvalue weighted by Gasteiger charge is -2.21.